The fourth-order valence-electron chi connectivity index (χ4n) is 6.50. The summed E-state index contributed by atoms with van der Waals surface area (Å²) < 4.78 is 43.2. The van der Waals surface area contributed by atoms with E-state index in [0.29, 0.717) is 39.6 Å². The Bertz CT molecular complexity index is 591. The lowest BCUT2D eigenvalue weighted by atomic mass is 10.0. The Morgan fingerprint density at radius 2 is 0.529 bits per heavy atom. The van der Waals surface area contributed by atoms with Gasteiger partial charge in [-0.2, -0.15) is 0 Å². The highest BCUT2D eigenvalue weighted by Crippen LogP contribution is 2.26. The number of rotatable bonds is 44. The highest BCUT2D eigenvalue weighted by Gasteiger charge is 2.33. The van der Waals surface area contributed by atoms with Gasteiger partial charge in [0.05, 0.1) is 0 Å². The predicted octanol–water partition coefficient (Wildman–Crippen LogP) is 13.5. The van der Waals surface area contributed by atoms with Gasteiger partial charge in [-0.05, 0) is 38.5 Å². The van der Waals surface area contributed by atoms with Gasteiger partial charge in [-0.15, -0.1) is 0 Å². The first-order valence-electron chi connectivity index (χ1n) is 22.4. The summed E-state index contributed by atoms with van der Waals surface area (Å²) in [4.78, 5) is 0. The molecule has 0 rings (SSSR count). The lowest BCUT2D eigenvalue weighted by molar-refractivity contribution is -0.288. The number of hydrogen-bond acceptors (Lipinski definition) is 7. The van der Waals surface area contributed by atoms with Crippen LogP contribution in [0.5, 0.6) is 0 Å². The lowest BCUT2D eigenvalue weighted by Crippen LogP contribution is -2.42. The van der Waals surface area contributed by atoms with Gasteiger partial charge < -0.3 is 33.2 Å². The summed E-state index contributed by atoms with van der Waals surface area (Å²) in [6, 6.07) is 0. The molecule has 0 aromatic carbocycles. The van der Waals surface area contributed by atoms with Crippen molar-refractivity contribution in [3.63, 3.8) is 0 Å². The maximum Gasteiger partial charge on any atom is 0.191 e. The van der Waals surface area contributed by atoms with Crippen LogP contribution < -0.4 is 0 Å². The Morgan fingerprint density at radius 1 is 0.275 bits per heavy atom. The van der Waals surface area contributed by atoms with Crippen molar-refractivity contribution in [3.05, 3.63) is 0 Å². The van der Waals surface area contributed by atoms with Crippen molar-refractivity contribution < 1.29 is 33.2 Å². The van der Waals surface area contributed by atoms with E-state index < -0.39 is 11.6 Å². The molecule has 0 aromatic heterocycles. The van der Waals surface area contributed by atoms with E-state index in [9.17, 15) is 0 Å². The fraction of sp³-hybridized carbons (Fsp3) is 1.00. The van der Waals surface area contributed by atoms with Crippen LogP contribution in [0.25, 0.3) is 0 Å². The molecule has 7 heteroatoms. The van der Waals surface area contributed by atoms with E-state index in [1.165, 1.54) is 128 Å². The molecule has 0 fully saturated rings. The third-order valence-corrected chi connectivity index (χ3v) is 9.58. The Hall–Kier alpha value is -0.280. The Balaban J connectivity index is 4.67. The monoisotopic (exact) mass is 731 g/mol. The maximum absolute atomic E-state index is 6.35. The molecule has 0 bridgehead atoms. The zero-order valence-corrected chi connectivity index (χ0v) is 35.3. The molecular weight excluding hydrogens is 640 g/mol. The molecular formula is C44H90O7. The second-order valence-corrected chi connectivity index (χ2v) is 14.9. The first-order valence-corrected chi connectivity index (χ1v) is 22.4. The van der Waals surface area contributed by atoms with Crippen LogP contribution in [0.4, 0.5) is 0 Å². The Labute approximate surface area is 318 Å². The largest absolute Gasteiger partial charge is 0.350 e. The second-order valence-electron chi connectivity index (χ2n) is 14.9. The molecule has 0 heterocycles. The van der Waals surface area contributed by atoms with Crippen molar-refractivity contribution in [1.82, 2.24) is 0 Å². The van der Waals surface area contributed by atoms with Crippen molar-refractivity contribution >= 4 is 0 Å². The highest BCUT2D eigenvalue weighted by molar-refractivity contribution is 4.72. The number of ether oxygens (including phenoxy) is 7. The van der Waals surface area contributed by atoms with Gasteiger partial charge in [0.1, 0.15) is 26.8 Å². The van der Waals surface area contributed by atoms with Crippen molar-refractivity contribution in [2.45, 2.75) is 233 Å². The molecule has 0 aliphatic heterocycles. The van der Waals surface area contributed by atoms with Crippen molar-refractivity contribution in [2.24, 2.45) is 0 Å². The second kappa shape index (κ2) is 39.4. The predicted molar refractivity (Wildman–Crippen MR) is 215 cm³/mol. The van der Waals surface area contributed by atoms with Crippen LogP contribution in [0.2, 0.25) is 0 Å². The van der Waals surface area contributed by atoms with E-state index in [0.717, 1.165) is 51.4 Å². The van der Waals surface area contributed by atoms with Crippen LogP contribution >= 0.6 is 0 Å². The molecule has 0 saturated heterocycles. The van der Waals surface area contributed by atoms with Gasteiger partial charge in [0.15, 0.2) is 11.6 Å². The molecule has 0 unspecified atom stereocenters. The van der Waals surface area contributed by atoms with Crippen LogP contribution in [-0.2, 0) is 33.2 Å². The number of hydrogen-bond donors (Lipinski definition) is 0. The molecule has 0 aliphatic carbocycles. The highest BCUT2D eigenvalue weighted by atomic mass is 16.8. The van der Waals surface area contributed by atoms with Crippen molar-refractivity contribution in [1.29, 1.82) is 0 Å². The van der Waals surface area contributed by atoms with Crippen molar-refractivity contribution in [2.75, 3.05) is 53.2 Å². The Kier molecular flexibility index (Phi) is 39.2. The average Bonchev–Trinajstić information content (AvgIpc) is 3.15. The molecule has 0 spiro atoms. The molecule has 0 aromatic rings. The first-order chi connectivity index (χ1) is 25.1. The molecule has 0 atom stereocenters. The smallest absolute Gasteiger partial charge is 0.191 e. The fourth-order valence-corrected chi connectivity index (χ4v) is 6.50. The molecule has 308 valence electrons. The molecule has 0 saturated carbocycles. The van der Waals surface area contributed by atoms with Gasteiger partial charge in [0.2, 0.25) is 0 Å². The van der Waals surface area contributed by atoms with E-state index >= 15 is 0 Å². The van der Waals surface area contributed by atoms with E-state index in [2.05, 4.69) is 41.5 Å². The standard InChI is InChI=1S/C44H90O7/c1-7-13-15-17-19-21-23-25-27-29-31-33-43(48-35-9-3,49-36-10-4)39-45-41-47-42-46-40-44(50-37-11-5,51-38-12-6)34-32-30-28-26-24-22-20-18-16-14-8-2/h7-42H2,1-6H3. The van der Waals surface area contributed by atoms with Gasteiger partial charge >= 0.3 is 0 Å². The summed E-state index contributed by atoms with van der Waals surface area (Å²) in [6.45, 7) is 16.7. The van der Waals surface area contributed by atoms with Gasteiger partial charge in [-0.3, -0.25) is 0 Å². The lowest BCUT2D eigenvalue weighted by Gasteiger charge is -2.34. The summed E-state index contributed by atoms with van der Waals surface area (Å²) >= 11 is 0. The van der Waals surface area contributed by atoms with Crippen LogP contribution in [0.15, 0.2) is 0 Å². The molecule has 0 N–H and O–H groups in total. The van der Waals surface area contributed by atoms with Crippen LogP contribution in [0.1, 0.15) is 221 Å². The zero-order valence-electron chi connectivity index (χ0n) is 35.3. The van der Waals surface area contributed by atoms with Gasteiger partial charge in [-0.1, -0.05) is 170 Å². The quantitative estimate of drug-likeness (QED) is 0.0457. The average molecular weight is 731 g/mol. The topological polar surface area (TPSA) is 64.6 Å². The minimum Gasteiger partial charge on any atom is -0.350 e. The van der Waals surface area contributed by atoms with E-state index in [1.807, 2.05) is 0 Å². The summed E-state index contributed by atoms with van der Waals surface area (Å²) in [5.74, 6) is -1.44. The van der Waals surface area contributed by atoms with Crippen molar-refractivity contribution in [3.8, 4) is 0 Å². The van der Waals surface area contributed by atoms with E-state index in [1.54, 1.807) is 0 Å². The normalized spacial score (nSPS) is 12.4. The summed E-state index contributed by atoms with van der Waals surface area (Å²) in [6.07, 6.45) is 34.5. The third kappa shape index (κ3) is 31.7. The Morgan fingerprint density at radius 3 is 0.784 bits per heavy atom. The SMILES string of the molecule is CCCCCCCCCCCCCC(COCOCOCC(CCCCCCCCCCCCC)(OCCC)OCCC)(OCCC)OCCC. The molecule has 0 radical (unpaired) electrons. The van der Waals surface area contributed by atoms with Crippen LogP contribution in [0, 0.1) is 0 Å². The van der Waals surface area contributed by atoms with E-state index in [4.69, 9.17) is 33.2 Å². The molecule has 51 heavy (non-hydrogen) atoms. The maximum atomic E-state index is 6.35. The minimum absolute atomic E-state index is 0.127. The number of unbranched alkanes of at least 4 members (excludes halogenated alkanes) is 20. The van der Waals surface area contributed by atoms with Gasteiger partial charge in [0, 0.05) is 39.3 Å². The summed E-state index contributed by atoms with van der Waals surface area (Å²) in [5.41, 5.74) is 0. The first kappa shape index (κ1) is 50.7. The molecule has 7 nitrogen and oxygen atoms in total. The van der Waals surface area contributed by atoms with E-state index in [-0.39, 0.29) is 13.6 Å². The zero-order chi connectivity index (χ0) is 37.4. The van der Waals surface area contributed by atoms with Crippen LogP contribution in [0.3, 0.4) is 0 Å². The summed E-state index contributed by atoms with van der Waals surface area (Å²) in [7, 11) is 0. The minimum atomic E-state index is -0.721. The molecule has 0 aliphatic rings. The third-order valence-electron chi connectivity index (χ3n) is 9.58. The van der Waals surface area contributed by atoms with Gasteiger partial charge in [-0.25, -0.2) is 0 Å². The van der Waals surface area contributed by atoms with Crippen LogP contribution in [-0.4, -0.2) is 64.8 Å². The summed E-state index contributed by atoms with van der Waals surface area (Å²) in [5, 5.41) is 0. The van der Waals surface area contributed by atoms with Gasteiger partial charge in [0.25, 0.3) is 0 Å². The molecule has 0 amide bonds.